The van der Waals surface area contributed by atoms with Gasteiger partial charge in [-0.25, -0.2) is 0 Å². The van der Waals surface area contributed by atoms with Crippen molar-refractivity contribution in [1.29, 1.82) is 21.0 Å². The van der Waals surface area contributed by atoms with Crippen molar-refractivity contribution in [3.05, 3.63) is 11.1 Å². The molecule has 0 rings (SSSR count). The van der Waals surface area contributed by atoms with Gasteiger partial charge in [0.1, 0.15) is 5.41 Å². The second-order valence-corrected chi connectivity index (χ2v) is 5.26. The first kappa shape index (κ1) is 20.0. The van der Waals surface area contributed by atoms with E-state index in [0.29, 0.717) is 0 Å². The normalized spacial score (nSPS) is 10.8. The molecule has 5 nitrogen and oxygen atoms in total. The first-order valence-corrected chi connectivity index (χ1v) is 5.95. The van der Waals surface area contributed by atoms with Gasteiger partial charge in [0.25, 0.3) is 0 Å². The van der Waals surface area contributed by atoms with Crippen LogP contribution >= 0.6 is 11.6 Å². The van der Waals surface area contributed by atoms with Gasteiger partial charge in [-0.1, -0.05) is 11.6 Å². The average molecular weight is 291 g/mol. The van der Waals surface area contributed by atoms with Crippen LogP contribution in [0, 0.1) is 56.2 Å². The Kier molecular flexibility index (Phi) is 8.70. The fourth-order valence-electron chi connectivity index (χ4n) is 0.646. The van der Waals surface area contributed by atoms with Gasteiger partial charge in [0.15, 0.2) is 5.78 Å². The second-order valence-electron chi connectivity index (χ2n) is 4.85. The van der Waals surface area contributed by atoms with Crippen LogP contribution < -0.4 is 0 Å². The van der Waals surface area contributed by atoms with E-state index in [2.05, 4.69) is 0 Å². The van der Waals surface area contributed by atoms with Gasteiger partial charge in [0.2, 0.25) is 0 Å². The fraction of sp³-hybridized carbons (Fsp3) is 0.500. The number of carbonyl (C=O) groups is 1. The number of hydrogen-bond acceptors (Lipinski definition) is 5. The molecule has 0 aliphatic rings. The van der Waals surface area contributed by atoms with E-state index in [0.717, 1.165) is 0 Å². The van der Waals surface area contributed by atoms with Crippen molar-refractivity contribution in [2.75, 3.05) is 0 Å². The molecule has 20 heavy (non-hydrogen) atoms. The Balaban J connectivity index is 0. The van der Waals surface area contributed by atoms with E-state index in [1.807, 2.05) is 12.1 Å². The van der Waals surface area contributed by atoms with E-state index >= 15 is 0 Å². The van der Waals surface area contributed by atoms with Crippen LogP contribution in [0.5, 0.6) is 0 Å². The van der Waals surface area contributed by atoms with Gasteiger partial charge < -0.3 is 0 Å². The molecule has 0 radical (unpaired) electrons. The van der Waals surface area contributed by atoms with E-state index in [-0.39, 0.29) is 17.2 Å². The molecule has 0 aliphatic carbocycles. The SMILES string of the molecule is CC(C)(C#N)/C(Cl)=C/C#N.CC(C)(C#N)C(=O)CC#N. The van der Waals surface area contributed by atoms with Gasteiger partial charge in [-0.2, -0.15) is 21.0 Å². The topological polar surface area (TPSA) is 112 Å². The summed E-state index contributed by atoms with van der Waals surface area (Å²) in [6.07, 6.45) is 0.991. The number of halogens is 1. The zero-order chi connectivity index (χ0) is 16.4. The van der Waals surface area contributed by atoms with Gasteiger partial charge in [-0.3, -0.25) is 4.79 Å². The number of nitriles is 4. The second kappa shape index (κ2) is 8.71. The molecule has 0 aromatic carbocycles. The first-order chi connectivity index (χ1) is 9.08. The number of rotatable bonds is 3. The number of hydrogen-bond donors (Lipinski definition) is 0. The molecule has 0 amide bonds. The Morgan fingerprint density at radius 3 is 1.80 bits per heavy atom. The van der Waals surface area contributed by atoms with Crippen LogP contribution in [0.2, 0.25) is 0 Å². The van der Waals surface area contributed by atoms with Crippen molar-refractivity contribution in [2.45, 2.75) is 34.1 Å². The van der Waals surface area contributed by atoms with Crippen molar-refractivity contribution in [1.82, 2.24) is 0 Å². The number of ketones is 1. The summed E-state index contributed by atoms with van der Waals surface area (Å²) >= 11 is 5.59. The molecular formula is C14H15ClN4O. The van der Waals surface area contributed by atoms with E-state index in [9.17, 15) is 4.79 Å². The minimum absolute atomic E-state index is 0.180. The first-order valence-electron chi connectivity index (χ1n) is 5.57. The van der Waals surface area contributed by atoms with Gasteiger partial charge in [0, 0.05) is 11.1 Å². The number of Topliss-reactive ketones (excluding diaryl/α,β-unsaturated/α-hetero) is 1. The molecule has 0 atom stereocenters. The summed E-state index contributed by atoms with van der Waals surface area (Å²) in [6, 6.07) is 7.27. The van der Waals surface area contributed by atoms with Crippen LogP contribution in [0.4, 0.5) is 0 Å². The van der Waals surface area contributed by atoms with Crippen LogP contribution in [-0.4, -0.2) is 5.78 Å². The molecule has 0 aromatic heterocycles. The molecule has 104 valence electrons. The van der Waals surface area contributed by atoms with Crippen LogP contribution in [-0.2, 0) is 4.79 Å². The fourth-order valence-corrected chi connectivity index (χ4v) is 0.737. The Hall–Kier alpha value is -2.34. The van der Waals surface area contributed by atoms with Gasteiger partial charge in [-0.15, -0.1) is 0 Å². The summed E-state index contributed by atoms with van der Waals surface area (Å²) < 4.78 is 0. The summed E-state index contributed by atoms with van der Waals surface area (Å²) in [7, 11) is 0. The Morgan fingerprint density at radius 2 is 1.50 bits per heavy atom. The van der Waals surface area contributed by atoms with Gasteiger partial charge >= 0.3 is 0 Å². The highest BCUT2D eigenvalue weighted by Gasteiger charge is 2.26. The summed E-state index contributed by atoms with van der Waals surface area (Å²) in [4.78, 5) is 10.9. The maximum atomic E-state index is 10.9. The van der Waals surface area contributed by atoms with Gasteiger partial charge in [-0.05, 0) is 27.7 Å². The molecule has 0 heterocycles. The Labute approximate surface area is 124 Å². The third-order valence-electron chi connectivity index (χ3n) is 2.28. The Bertz CT molecular complexity index is 548. The lowest BCUT2D eigenvalue weighted by atomic mass is 9.89. The summed E-state index contributed by atoms with van der Waals surface area (Å²) in [6.45, 7) is 6.33. The summed E-state index contributed by atoms with van der Waals surface area (Å²) in [5.74, 6) is -0.322. The highest BCUT2D eigenvalue weighted by atomic mass is 35.5. The third kappa shape index (κ3) is 7.17. The molecule has 0 aromatic rings. The van der Waals surface area contributed by atoms with Crippen LogP contribution in [0.25, 0.3) is 0 Å². The Morgan fingerprint density at radius 1 is 1.05 bits per heavy atom. The lowest BCUT2D eigenvalue weighted by Crippen LogP contribution is -2.21. The number of nitrogens with zero attached hydrogens (tertiary/aromatic N) is 4. The van der Waals surface area contributed by atoms with Crippen molar-refractivity contribution < 1.29 is 4.79 Å². The lowest BCUT2D eigenvalue weighted by molar-refractivity contribution is -0.123. The standard InChI is InChI=1S/C7H7ClN2.C7H8N2O/c1-7(2,5-10)6(8)3-4-9;1-7(2,5-9)6(10)3-4-8/h3H,1-2H3;3H2,1-2H3/b6-3-;. The predicted octanol–water partition coefficient (Wildman–Crippen LogP) is 3.20. The van der Waals surface area contributed by atoms with Crippen LogP contribution in [0.15, 0.2) is 11.1 Å². The lowest BCUT2D eigenvalue weighted by Gasteiger charge is -2.11. The van der Waals surface area contributed by atoms with Crippen LogP contribution in [0.1, 0.15) is 34.1 Å². The van der Waals surface area contributed by atoms with Gasteiger partial charge in [0.05, 0.1) is 36.1 Å². The smallest absolute Gasteiger partial charge is 0.166 e. The number of allylic oxidation sites excluding steroid dienone is 2. The highest BCUT2D eigenvalue weighted by Crippen LogP contribution is 2.27. The molecule has 0 N–H and O–H groups in total. The maximum absolute atomic E-state index is 10.9. The largest absolute Gasteiger partial charge is 0.297 e. The minimum atomic E-state index is -1.00. The highest BCUT2D eigenvalue weighted by molar-refractivity contribution is 6.30. The van der Waals surface area contributed by atoms with E-state index in [1.165, 1.54) is 19.9 Å². The third-order valence-corrected chi connectivity index (χ3v) is 2.87. The van der Waals surface area contributed by atoms with Crippen molar-refractivity contribution in [3.63, 3.8) is 0 Å². The quantitative estimate of drug-likeness (QED) is 0.741. The molecule has 0 spiro atoms. The van der Waals surface area contributed by atoms with E-state index < -0.39 is 10.8 Å². The molecule has 0 saturated carbocycles. The summed E-state index contributed by atoms with van der Waals surface area (Å²) in [5, 5.41) is 33.5. The van der Waals surface area contributed by atoms with Crippen LogP contribution in [0.3, 0.4) is 0 Å². The molecule has 0 unspecified atom stereocenters. The molecule has 0 fully saturated rings. The maximum Gasteiger partial charge on any atom is 0.166 e. The average Bonchev–Trinajstić information content (AvgIpc) is 2.40. The zero-order valence-corrected chi connectivity index (χ0v) is 12.6. The molecule has 6 heteroatoms. The minimum Gasteiger partial charge on any atom is -0.297 e. The van der Waals surface area contributed by atoms with Crippen molar-refractivity contribution in [3.8, 4) is 24.3 Å². The van der Waals surface area contributed by atoms with Crippen molar-refractivity contribution >= 4 is 17.4 Å². The van der Waals surface area contributed by atoms with E-state index in [4.69, 9.17) is 32.6 Å². The summed E-state index contributed by atoms with van der Waals surface area (Å²) in [5.41, 5.74) is -1.74. The zero-order valence-electron chi connectivity index (χ0n) is 11.9. The van der Waals surface area contributed by atoms with E-state index in [1.54, 1.807) is 26.0 Å². The predicted molar refractivity (Wildman–Crippen MR) is 73.6 cm³/mol. The molecule has 0 saturated heterocycles. The molecule has 0 aliphatic heterocycles. The molecular weight excluding hydrogens is 276 g/mol. The monoisotopic (exact) mass is 290 g/mol. The molecule has 0 bridgehead atoms. The number of carbonyl (C=O) groups excluding carboxylic acids is 1. The van der Waals surface area contributed by atoms with Crippen molar-refractivity contribution in [2.24, 2.45) is 10.8 Å².